The Morgan fingerprint density at radius 3 is 3.00 bits per heavy atom. The second-order valence-corrected chi connectivity index (χ2v) is 3.45. The Balaban J connectivity index is 1.86. The molecule has 3 unspecified atom stereocenters. The first-order chi connectivity index (χ1) is 4.40. The van der Waals surface area contributed by atoms with E-state index >= 15 is 0 Å². The molecule has 1 nitrogen and oxygen atoms in total. The molecule has 0 aromatic carbocycles. The lowest BCUT2D eigenvalue weighted by molar-refractivity contribution is 0.383. The number of rotatable bonds is 1. The first-order valence-corrected chi connectivity index (χ1v) is 4.16. The Hall–Kier alpha value is -0.0400. The van der Waals surface area contributed by atoms with Crippen molar-refractivity contribution in [1.29, 1.82) is 0 Å². The van der Waals surface area contributed by atoms with Crippen molar-refractivity contribution in [2.75, 3.05) is 0 Å². The molecule has 1 heteroatoms. The number of piperidine rings is 1. The molecule has 9 heavy (non-hydrogen) atoms. The Morgan fingerprint density at radius 1 is 1.44 bits per heavy atom. The van der Waals surface area contributed by atoms with Gasteiger partial charge in [0.05, 0.1) is 0 Å². The van der Waals surface area contributed by atoms with E-state index in [-0.39, 0.29) is 0 Å². The average Bonchev–Trinajstić information content (AvgIpc) is 2.64. The van der Waals surface area contributed by atoms with Crippen molar-refractivity contribution in [2.24, 2.45) is 5.92 Å². The largest absolute Gasteiger partial charge is 0.311 e. The zero-order valence-electron chi connectivity index (χ0n) is 6.06. The van der Waals surface area contributed by atoms with Gasteiger partial charge in [0, 0.05) is 12.1 Å². The average molecular weight is 125 g/mol. The Morgan fingerprint density at radius 2 is 2.33 bits per heavy atom. The highest BCUT2D eigenvalue weighted by Crippen LogP contribution is 2.39. The lowest BCUT2D eigenvalue weighted by Crippen LogP contribution is -2.34. The molecule has 52 valence electrons. The van der Waals surface area contributed by atoms with E-state index in [9.17, 15) is 0 Å². The number of hydrogen-bond donors (Lipinski definition) is 1. The van der Waals surface area contributed by atoms with Crippen LogP contribution in [0.3, 0.4) is 0 Å². The molecule has 1 aliphatic carbocycles. The summed E-state index contributed by atoms with van der Waals surface area (Å²) in [6.45, 7) is 2.28. The third kappa shape index (κ3) is 0.983. The number of hydrogen-bond acceptors (Lipinski definition) is 1. The zero-order chi connectivity index (χ0) is 6.27. The highest BCUT2D eigenvalue weighted by molar-refractivity contribution is 4.98. The second kappa shape index (κ2) is 1.98. The molecule has 1 saturated heterocycles. The lowest BCUT2D eigenvalue weighted by atomic mass is 10.0. The van der Waals surface area contributed by atoms with Gasteiger partial charge in [-0.25, -0.2) is 0 Å². The molecule has 0 radical (unpaired) electrons. The standard InChI is InChI=1S/C8H15N/c1-2-7-4-3-6-5-8(6)9-7/h6-9H,2-5H2,1H3. The number of nitrogens with one attached hydrogen (secondary N) is 1. The fraction of sp³-hybridized carbons (Fsp3) is 1.00. The van der Waals surface area contributed by atoms with Crippen LogP contribution < -0.4 is 5.32 Å². The van der Waals surface area contributed by atoms with Gasteiger partial charge >= 0.3 is 0 Å². The molecule has 0 aromatic rings. The Kier molecular flexibility index (Phi) is 1.26. The first kappa shape index (κ1) is 5.72. The molecule has 1 saturated carbocycles. The van der Waals surface area contributed by atoms with Crippen molar-refractivity contribution in [3.05, 3.63) is 0 Å². The van der Waals surface area contributed by atoms with Crippen LogP contribution in [-0.4, -0.2) is 12.1 Å². The maximum Gasteiger partial charge on any atom is 0.0102 e. The summed E-state index contributed by atoms with van der Waals surface area (Å²) in [5.41, 5.74) is 0. The minimum absolute atomic E-state index is 0.855. The van der Waals surface area contributed by atoms with E-state index in [2.05, 4.69) is 12.2 Å². The van der Waals surface area contributed by atoms with Crippen LogP contribution >= 0.6 is 0 Å². The van der Waals surface area contributed by atoms with Crippen molar-refractivity contribution >= 4 is 0 Å². The van der Waals surface area contributed by atoms with Gasteiger partial charge in [-0.3, -0.25) is 0 Å². The lowest BCUT2D eigenvalue weighted by Gasteiger charge is -2.20. The van der Waals surface area contributed by atoms with E-state index in [0.717, 1.165) is 18.0 Å². The summed E-state index contributed by atoms with van der Waals surface area (Å²) in [6.07, 6.45) is 5.72. The van der Waals surface area contributed by atoms with E-state index in [0.29, 0.717) is 0 Å². The van der Waals surface area contributed by atoms with Gasteiger partial charge < -0.3 is 5.32 Å². The molecule has 2 aliphatic rings. The van der Waals surface area contributed by atoms with Crippen LogP contribution in [0, 0.1) is 5.92 Å². The van der Waals surface area contributed by atoms with E-state index in [1.807, 2.05) is 0 Å². The van der Waals surface area contributed by atoms with E-state index in [4.69, 9.17) is 0 Å². The fourth-order valence-electron chi connectivity index (χ4n) is 1.89. The monoisotopic (exact) mass is 125 g/mol. The van der Waals surface area contributed by atoms with Crippen molar-refractivity contribution in [3.63, 3.8) is 0 Å². The molecule has 0 amide bonds. The van der Waals surface area contributed by atoms with Crippen LogP contribution in [0.25, 0.3) is 0 Å². The van der Waals surface area contributed by atoms with Crippen molar-refractivity contribution in [2.45, 2.75) is 44.7 Å². The normalized spacial score (nSPS) is 48.3. The van der Waals surface area contributed by atoms with Gasteiger partial charge in [-0.15, -0.1) is 0 Å². The van der Waals surface area contributed by atoms with E-state index in [1.165, 1.54) is 25.7 Å². The van der Waals surface area contributed by atoms with Gasteiger partial charge in [-0.1, -0.05) is 6.92 Å². The summed E-state index contributed by atoms with van der Waals surface area (Å²) < 4.78 is 0. The molecule has 1 aliphatic heterocycles. The third-order valence-corrected chi connectivity index (χ3v) is 2.75. The van der Waals surface area contributed by atoms with Gasteiger partial charge in [0.2, 0.25) is 0 Å². The van der Waals surface area contributed by atoms with Gasteiger partial charge in [-0.2, -0.15) is 0 Å². The van der Waals surface area contributed by atoms with Crippen LogP contribution in [0.5, 0.6) is 0 Å². The molecule has 0 bridgehead atoms. The molecule has 0 spiro atoms. The molecule has 1 heterocycles. The van der Waals surface area contributed by atoms with Crippen LogP contribution in [0.4, 0.5) is 0 Å². The topological polar surface area (TPSA) is 12.0 Å². The molecule has 1 N–H and O–H groups in total. The highest BCUT2D eigenvalue weighted by Gasteiger charge is 2.40. The predicted octanol–water partition coefficient (Wildman–Crippen LogP) is 1.54. The summed E-state index contributed by atoms with van der Waals surface area (Å²) in [6, 6.07) is 1.79. The molecular weight excluding hydrogens is 110 g/mol. The van der Waals surface area contributed by atoms with Crippen molar-refractivity contribution in [3.8, 4) is 0 Å². The van der Waals surface area contributed by atoms with Crippen LogP contribution in [-0.2, 0) is 0 Å². The molecule has 3 atom stereocenters. The minimum atomic E-state index is 0.855. The zero-order valence-corrected chi connectivity index (χ0v) is 6.06. The van der Waals surface area contributed by atoms with Crippen LogP contribution in [0.2, 0.25) is 0 Å². The van der Waals surface area contributed by atoms with Gasteiger partial charge in [0.15, 0.2) is 0 Å². The summed E-state index contributed by atoms with van der Waals surface area (Å²) in [7, 11) is 0. The Bertz CT molecular complexity index is 111. The molecule has 0 aromatic heterocycles. The molecule has 2 rings (SSSR count). The van der Waals surface area contributed by atoms with Crippen LogP contribution in [0.15, 0.2) is 0 Å². The SMILES string of the molecule is CCC1CCC2CC2N1. The van der Waals surface area contributed by atoms with Crippen molar-refractivity contribution < 1.29 is 0 Å². The smallest absolute Gasteiger partial charge is 0.0102 e. The summed E-state index contributed by atoms with van der Waals surface area (Å²) >= 11 is 0. The first-order valence-electron chi connectivity index (χ1n) is 4.16. The quantitative estimate of drug-likeness (QED) is 0.560. The maximum atomic E-state index is 3.64. The fourth-order valence-corrected chi connectivity index (χ4v) is 1.89. The second-order valence-electron chi connectivity index (χ2n) is 3.45. The van der Waals surface area contributed by atoms with Gasteiger partial charge in [-0.05, 0) is 31.6 Å². The summed E-state index contributed by atoms with van der Waals surface area (Å²) in [5.74, 6) is 1.08. The highest BCUT2D eigenvalue weighted by atomic mass is 15.0. The summed E-state index contributed by atoms with van der Waals surface area (Å²) in [5, 5.41) is 3.64. The third-order valence-electron chi connectivity index (χ3n) is 2.75. The van der Waals surface area contributed by atoms with E-state index in [1.54, 1.807) is 0 Å². The van der Waals surface area contributed by atoms with Gasteiger partial charge in [0.1, 0.15) is 0 Å². The minimum Gasteiger partial charge on any atom is -0.311 e. The Labute approximate surface area is 56.8 Å². The van der Waals surface area contributed by atoms with Crippen LogP contribution in [0.1, 0.15) is 32.6 Å². The molecule has 2 fully saturated rings. The molecular formula is C8H15N. The predicted molar refractivity (Wildman–Crippen MR) is 38.3 cm³/mol. The summed E-state index contributed by atoms with van der Waals surface area (Å²) in [4.78, 5) is 0. The van der Waals surface area contributed by atoms with E-state index < -0.39 is 0 Å². The number of fused-ring (bicyclic) bond motifs is 1. The van der Waals surface area contributed by atoms with Crippen molar-refractivity contribution in [1.82, 2.24) is 5.32 Å². The van der Waals surface area contributed by atoms with Gasteiger partial charge in [0.25, 0.3) is 0 Å². The maximum absolute atomic E-state index is 3.64.